The van der Waals surface area contributed by atoms with Gasteiger partial charge >= 0.3 is 0 Å². The number of aromatic amines is 1. The molecule has 1 unspecified atom stereocenters. The van der Waals surface area contributed by atoms with Crippen LogP contribution in [0.25, 0.3) is 22.3 Å². The van der Waals surface area contributed by atoms with E-state index in [1.165, 1.54) is 25.0 Å². The third-order valence-corrected chi connectivity index (χ3v) is 5.40. The Morgan fingerprint density at radius 3 is 2.96 bits per heavy atom. The molecule has 6 nitrogen and oxygen atoms in total. The standard InChI is InChI=1S/C21H26FN5O/c1-3-4-16-12-27(8-7-23-16)11-15-10-18(14-5-6-19(28)17(22)9-14)24-21-20(15)13(2)25-26-21/h5-6,9-10,16,23,28H,3-4,7-8,11-12H2,1-2H3,(H,24,25,26). The predicted octanol–water partition coefficient (Wildman–Crippen LogP) is 3.35. The van der Waals surface area contributed by atoms with Gasteiger partial charge in [0.25, 0.3) is 0 Å². The Balaban J connectivity index is 1.70. The Morgan fingerprint density at radius 2 is 2.18 bits per heavy atom. The summed E-state index contributed by atoms with van der Waals surface area (Å²) < 4.78 is 13.9. The fourth-order valence-electron chi connectivity index (χ4n) is 4.02. The number of aromatic hydroxyl groups is 1. The summed E-state index contributed by atoms with van der Waals surface area (Å²) in [6, 6.07) is 6.89. The Kier molecular flexibility index (Phi) is 5.28. The van der Waals surface area contributed by atoms with E-state index >= 15 is 0 Å². The third-order valence-electron chi connectivity index (χ3n) is 5.40. The average Bonchev–Trinajstić information content (AvgIpc) is 3.06. The molecule has 0 saturated carbocycles. The molecule has 3 aromatic rings. The Hall–Kier alpha value is -2.51. The SMILES string of the molecule is CCCC1CN(Cc2cc(-c3ccc(O)c(F)c3)nc3n[nH]c(C)c23)CCN1. The van der Waals surface area contributed by atoms with E-state index in [-0.39, 0.29) is 5.75 Å². The molecule has 0 bridgehead atoms. The monoisotopic (exact) mass is 383 g/mol. The lowest BCUT2D eigenvalue weighted by atomic mass is 10.0. The minimum Gasteiger partial charge on any atom is -0.505 e. The van der Waals surface area contributed by atoms with Gasteiger partial charge in [0.15, 0.2) is 17.2 Å². The lowest BCUT2D eigenvalue weighted by Gasteiger charge is -2.33. The zero-order valence-corrected chi connectivity index (χ0v) is 16.3. The molecule has 3 N–H and O–H groups in total. The van der Waals surface area contributed by atoms with Gasteiger partial charge in [-0.05, 0) is 43.2 Å². The van der Waals surface area contributed by atoms with Crippen LogP contribution in [0.1, 0.15) is 31.0 Å². The summed E-state index contributed by atoms with van der Waals surface area (Å²) in [7, 11) is 0. The number of aryl methyl sites for hydroxylation is 1. The molecule has 4 rings (SSSR count). The number of nitrogens with one attached hydrogen (secondary N) is 2. The van der Waals surface area contributed by atoms with Crippen molar-refractivity contribution >= 4 is 11.0 Å². The van der Waals surface area contributed by atoms with Gasteiger partial charge < -0.3 is 10.4 Å². The second kappa shape index (κ2) is 7.85. The molecule has 1 aliphatic heterocycles. The molecule has 0 radical (unpaired) electrons. The van der Waals surface area contributed by atoms with Gasteiger partial charge in [-0.3, -0.25) is 10.00 Å². The number of aromatic nitrogens is 3. The minimum atomic E-state index is -0.649. The van der Waals surface area contributed by atoms with E-state index in [1.807, 2.05) is 13.0 Å². The van der Waals surface area contributed by atoms with E-state index in [4.69, 9.17) is 0 Å². The summed E-state index contributed by atoms with van der Waals surface area (Å²) in [5.74, 6) is -1.01. The van der Waals surface area contributed by atoms with Crippen molar-refractivity contribution in [1.82, 2.24) is 25.4 Å². The second-order valence-electron chi connectivity index (χ2n) is 7.55. The van der Waals surface area contributed by atoms with Crippen LogP contribution in [0, 0.1) is 12.7 Å². The number of halogens is 1. The Bertz CT molecular complexity index is 984. The molecule has 7 heteroatoms. The largest absolute Gasteiger partial charge is 0.505 e. The topological polar surface area (TPSA) is 77.1 Å². The fraction of sp³-hybridized carbons (Fsp3) is 0.429. The number of hydrogen-bond donors (Lipinski definition) is 3. The van der Waals surface area contributed by atoms with E-state index in [0.29, 0.717) is 22.9 Å². The van der Waals surface area contributed by atoms with Crippen LogP contribution >= 0.6 is 0 Å². The fourth-order valence-corrected chi connectivity index (χ4v) is 4.02. The highest BCUT2D eigenvalue weighted by atomic mass is 19.1. The van der Waals surface area contributed by atoms with Gasteiger partial charge in [0.2, 0.25) is 0 Å². The maximum atomic E-state index is 13.9. The number of rotatable bonds is 5. The van der Waals surface area contributed by atoms with Gasteiger partial charge in [-0.15, -0.1) is 0 Å². The zero-order chi connectivity index (χ0) is 19.7. The van der Waals surface area contributed by atoms with Crippen LogP contribution in [0.2, 0.25) is 0 Å². The first-order valence-corrected chi connectivity index (χ1v) is 9.84. The number of nitrogens with zero attached hydrogens (tertiary/aromatic N) is 3. The minimum absolute atomic E-state index is 0.358. The molecule has 0 aliphatic carbocycles. The second-order valence-corrected chi connectivity index (χ2v) is 7.55. The van der Waals surface area contributed by atoms with Crippen molar-refractivity contribution in [2.75, 3.05) is 19.6 Å². The molecule has 0 spiro atoms. The van der Waals surface area contributed by atoms with Crippen LogP contribution in [-0.4, -0.2) is 50.9 Å². The van der Waals surface area contributed by atoms with E-state index in [2.05, 4.69) is 32.3 Å². The summed E-state index contributed by atoms with van der Waals surface area (Å²) in [5.41, 5.74) is 4.05. The summed E-state index contributed by atoms with van der Waals surface area (Å²) in [5, 5.41) is 21.5. The lowest BCUT2D eigenvalue weighted by molar-refractivity contribution is 0.187. The number of hydrogen-bond acceptors (Lipinski definition) is 5. The van der Waals surface area contributed by atoms with Gasteiger partial charge in [-0.2, -0.15) is 5.10 Å². The van der Waals surface area contributed by atoms with Crippen LogP contribution in [-0.2, 0) is 6.54 Å². The van der Waals surface area contributed by atoms with Crippen molar-refractivity contribution in [2.24, 2.45) is 0 Å². The molecular weight excluding hydrogens is 357 g/mol. The number of piperazine rings is 1. The zero-order valence-electron chi connectivity index (χ0n) is 16.3. The number of pyridine rings is 1. The maximum absolute atomic E-state index is 13.9. The normalized spacial score (nSPS) is 18.0. The smallest absolute Gasteiger partial charge is 0.182 e. The van der Waals surface area contributed by atoms with Gasteiger partial charge in [0.1, 0.15) is 0 Å². The first-order chi connectivity index (χ1) is 13.5. The van der Waals surface area contributed by atoms with Crippen LogP contribution in [0.3, 0.4) is 0 Å². The Labute approximate surface area is 163 Å². The van der Waals surface area contributed by atoms with Crippen LogP contribution in [0.4, 0.5) is 4.39 Å². The molecule has 1 fully saturated rings. The van der Waals surface area contributed by atoms with Gasteiger partial charge in [0.05, 0.1) is 5.69 Å². The summed E-state index contributed by atoms with van der Waals surface area (Å²) in [6.07, 6.45) is 2.34. The molecule has 3 heterocycles. The number of phenols is 1. The quantitative estimate of drug-likeness (QED) is 0.630. The molecule has 2 aromatic heterocycles. The number of benzene rings is 1. The molecule has 1 aliphatic rings. The highest BCUT2D eigenvalue weighted by Crippen LogP contribution is 2.29. The molecule has 28 heavy (non-hydrogen) atoms. The van der Waals surface area contributed by atoms with Crippen molar-refractivity contribution in [2.45, 2.75) is 39.3 Å². The number of fused-ring (bicyclic) bond motifs is 1. The van der Waals surface area contributed by atoms with E-state index < -0.39 is 5.82 Å². The number of H-pyrrole nitrogens is 1. The summed E-state index contributed by atoms with van der Waals surface area (Å²) >= 11 is 0. The number of phenolic OH excluding ortho intramolecular Hbond substituents is 1. The molecule has 1 atom stereocenters. The molecule has 1 saturated heterocycles. The van der Waals surface area contributed by atoms with Crippen LogP contribution in [0.5, 0.6) is 5.75 Å². The van der Waals surface area contributed by atoms with Crippen molar-refractivity contribution in [3.63, 3.8) is 0 Å². The summed E-state index contributed by atoms with van der Waals surface area (Å²) in [6.45, 7) is 8.00. The first kappa shape index (κ1) is 18.8. The van der Waals surface area contributed by atoms with Crippen molar-refractivity contribution in [3.8, 4) is 17.0 Å². The summed E-state index contributed by atoms with van der Waals surface area (Å²) in [4.78, 5) is 7.07. The third kappa shape index (κ3) is 3.72. The van der Waals surface area contributed by atoms with Gasteiger partial charge in [-0.1, -0.05) is 13.3 Å². The van der Waals surface area contributed by atoms with Crippen molar-refractivity contribution in [1.29, 1.82) is 0 Å². The van der Waals surface area contributed by atoms with Crippen LogP contribution < -0.4 is 5.32 Å². The maximum Gasteiger partial charge on any atom is 0.182 e. The molecule has 148 valence electrons. The van der Waals surface area contributed by atoms with E-state index in [1.54, 1.807) is 6.07 Å². The lowest BCUT2D eigenvalue weighted by Crippen LogP contribution is -2.50. The Morgan fingerprint density at radius 1 is 1.32 bits per heavy atom. The van der Waals surface area contributed by atoms with E-state index in [0.717, 1.165) is 42.8 Å². The molecule has 1 aromatic carbocycles. The van der Waals surface area contributed by atoms with Crippen LogP contribution in [0.15, 0.2) is 24.3 Å². The first-order valence-electron chi connectivity index (χ1n) is 9.84. The molecule has 0 amide bonds. The van der Waals surface area contributed by atoms with Crippen molar-refractivity contribution < 1.29 is 9.50 Å². The predicted molar refractivity (Wildman–Crippen MR) is 108 cm³/mol. The van der Waals surface area contributed by atoms with Crippen molar-refractivity contribution in [3.05, 3.63) is 41.3 Å². The highest BCUT2D eigenvalue weighted by molar-refractivity contribution is 5.84. The average molecular weight is 383 g/mol. The van der Waals surface area contributed by atoms with Gasteiger partial charge in [-0.25, -0.2) is 9.37 Å². The van der Waals surface area contributed by atoms with Gasteiger partial charge in [0, 0.05) is 48.9 Å². The van der Waals surface area contributed by atoms with E-state index in [9.17, 15) is 9.50 Å². The molecular formula is C21H26FN5O. The highest BCUT2D eigenvalue weighted by Gasteiger charge is 2.21.